The minimum atomic E-state index is -3.68. The lowest BCUT2D eigenvalue weighted by Gasteiger charge is -2.30. The molecular weight excluding hydrogens is 346 g/mol. The molecule has 1 amide bonds. The molecule has 0 spiro atoms. The van der Waals surface area contributed by atoms with E-state index in [0.29, 0.717) is 19.4 Å². The SMILES string of the molecule is CN1CC(NS(=O)(=O)c2ccc(Br)cc2N)CCC1=O. The average Bonchev–Trinajstić information content (AvgIpc) is 2.33. The number of hydrogen-bond donors (Lipinski definition) is 2. The summed E-state index contributed by atoms with van der Waals surface area (Å²) in [7, 11) is -2.02. The number of carbonyl (C=O) groups is 1. The first-order valence-electron chi connectivity index (χ1n) is 6.11. The van der Waals surface area contributed by atoms with Crippen LogP contribution in [0, 0.1) is 0 Å². The van der Waals surface area contributed by atoms with Gasteiger partial charge in [-0.05, 0) is 24.6 Å². The van der Waals surface area contributed by atoms with Gasteiger partial charge in [-0.1, -0.05) is 15.9 Å². The van der Waals surface area contributed by atoms with Crippen LogP contribution in [0.5, 0.6) is 0 Å². The topological polar surface area (TPSA) is 92.5 Å². The molecule has 1 saturated heterocycles. The number of hydrogen-bond acceptors (Lipinski definition) is 4. The highest BCUT2D eigenvalue weighted by Crippen LogP contribution is 2.23. The van der Waals surface area contributed by atoms with Crippen LogP contribution in [-0.2, 0) is 14.8 Å². The summed E-state index contributed by atoms with van der Waals surface area (Å²) in [6.07, 6.45) is 0.846. The van der Waals surface area contributed by atoms with Gasteiger partial charge >= 0.3 is 0 Å². The van der Waals surface area contributed by atoms with E-state index in [0.717, 1.165) is 4.47 Å². The maximum Gasteiger partial charge on any atom is 0.242 e. The fourth-order valence-corrected chi connectivity index (χ4v) is 3.91. The largest absolute Gasteiger partial charge is 0.398 e. The second-order valence-electron chi connectivity index (χ2n) is 4.81. The fraction of sp³-hybridized carbons (Fsp3) is 0.417. The van der Waals surface area contributed by atoms with E-state index in [1.54, 1.807) is 19.2 Å². The Morgan fingerprint density at radius 1 is 1.45 bits per heavy atom. The van der Waals surface area contributed by atoms with Gasteiger partial charge in [-0.15, -0.1) is 0 Å². The van der Waals surface area contributed by atoms with Gasteiger partial charge in [0.2, 0.25) is 15.9 Å². The van der Waals surface area contributed by atoms with Gasteiger partial charge in [-0.3, -0.25) is 4.79 Å². The molecule has 1 heterocycles. The van der Waals surface area contributed by atoms with Gasteiger partial charge in [0.05, 0.1) is 5.69 Å². The normalized spacial score (nSPS) is 20.2. The van der Waals surface area contributed by atoms with Crippen molar-refractivity contribution in [2.24, 2.45) is 0 Å². The van der Waals surface area contributed by atoms with Gasteiger partial charge in [0.25, 0.3) is 0 Å². The molecule has 0 radical (unpaired) electrons. The van der Waals surface area contributed by atoms with Crippen LogP contribution < -0.4 is 10.5 Å². The number of piperidine rings is 1. The van der Waals surface area contributed by atoms with Crippen LogP contribution >= 0.6 is 15.9 Å². The predicted octanol–water partition coefficient (Wildman–Crippen LogP) is 0.930. The minimum Gasteiger partial charge on any atom is -0.398 e. The van der Waals surface area contributed by atoms with E-state index >= 15 is 0 Å². The molecule has 6 nitrogen and oxygen atoms in total. The number of halogens is 1. The molecule has 110 valence electrons. The van der Waals surface area contributed by atoms with E-state index < -0.39 is 10.0 Å². The van der Waals surface area contributed by atoms with Gasteiger partial charge in [-0.25, -0.2) is 13.1 Å². The summed E-state index contributed by atoms with van der Waals surface area (Å²) < 4.78 is 27.9. The van der Waals surface area contributed by atoms with Crippen molar-refractivity contribution in [3.8, 4) is 0 Å². The zero-order valence-electron chi connectivity index (χ0n) is 11.0. The summed E-state index contributed by atoms with van der Waals surface area (Å²) in [5.74, 6) is 0.0311. The van der Waals surface area contributed by atoms with E-state index in [9.17, 15) is 13.2 Å². The molecule has 0 bridgehead atoms. The number of rotatable bonds is 3. The maximum absolute atomic E-state index is 12.3. The number of likely N-dealkylation sites (N-methyl/N-ethyl adjacent to an activating group) is 1. The van der Waals surface area contributed by atoms with Crippen molar-refractivity contribution in [2.75, 3.05) is 19.3 Å². The summed E-state index contributed by atoms with van der Waals surface area (Å²) in [5, 5.41) is 0. The molecule has 2 rings (SSSR count). The van der Waals surface area contributed by atoms with E-state index in [-0.39, 0.29) is 22.5 Å². The number of benzene rings is 1. The summed E-state index contributed by atoms with van der Waals surface area (Å²) >= 11 is 3.24. The molecule has 1 fully saturated rings. The number of nitrogen functional groups attached to an aromatic ring is 1. The van der Waals surface area contributed by atoms with Crippen molar-refractivity contribution in [3.63, 3.8) is 0 Å². The molecule has 0 aliphatic carbocycles. The van der Waals surface area contributed by atoms with Gasteiger partial charge < -0.3 is 10.6 Å². The Kier molecular flexibility index (Phi) is 4.36. The molecule has 3 N–H and O–H groups in total. The van der Waals surface area contributed by atoms with Gasteiger partial charge in [0.15, 0.2) is 0 Å². The number of sulfonamides is 1. The second kappa shape index (κ2) is 5.71. The van der Waals surface area contributed by atoms with Crippen molar-refractivity contribution >= 4 is 37.5 Å². The maximum atomic E-state index is 12.3. The quantitative estimate of drug-likeness (QED) is 0.783. The van der Waals surface area contributed by atoms with Gasteiger partial charge in [-0.2, -0.15) is 0 Å². The van der Waals surface area contributed by atoms with Crippen LogP contribution in [0.3, 0.4) is 0 Å². The number of nitrogens with zero attached hydrogens (tertiary/aromatic N) is 1. The number of amides is 1. The zero-order chi connectivity index (χ0) is 14.9. The molecule has 1 aromatic rings. The molecule has 1 aliphatic rings. The molecule has 1 aliphatic heterocycles. The van der Waals surface area contributed by atoms with Crippen molar-refractivity contribution in [1.82, 2.24) is 9.62 Å². The monoisotopic (exact) mass is 361 g/mol. The number of nitrogens with one attached hydrogen (secondary N) is 1. The molecule has 0 saturated carbocycles. The van der Waals surface area contributed by atoms with E-state index in [4.69, 9.17) is 5.73 Å². The predicted molar refractivity (Wildman–Crippen MR) is 79.5 cm³/mol. The Balaban J connectivity index is 2.17. The van der Waals surface area contributed by atoms with Crippen LogP contribution in [0.2, 0.25) is 0 Å². The minimum absolute atomic E-state index is 0.0311. The lowest BCUT2D eigenvalue weighted by Crippen LogP contribution is -2.48. The number of likely N-dealkylation sites (tertiary alicyclic amines) is 1. The highest BCUT2D eigenvalue weighted by molar-refractivity contribution is 9.10. The van der Waals surface area contributed by atoms with E-state index in [1.165, 1.54) is 11.0 Å². The van der Waals surface area contributed by atoms with Crippen molar-refractivity contribution in [1.29, 1.82) is 0 Å². The van der Waals surface area contributed by atoms with Crippen LogP contribution in [-0.4, -0.2) is 38.9 Å². The highest BCUT2D eigenvalue weighted by atomic mass is 79.9. The van der Waals surface area contributed by atoms with Crippen molar-refractivity contribution < 1.29 is 13.2 Å². The molecule has 20 heavy (non-hydrogen) atoms. The summed E-state index contributed by atoms with van der Waals surface area (Å²) in [6.45, 7) is 0.370. The zero-order valence-corrected chi connectivity index (χ0v) is 13.4. The van der Waals surface area contributed by atoms with Crippen LogP contribution in [0.1, 0.15) is 12.8 Å². The molecular formula is C12H16BrN3O3S. The third-order valence-corrected chi connectivity index (χ3v) is 5.30. The summed E-state index contributed by atoms with van der Waals surface area (Å²) in [5.41, 5.74) is 5.94. The van der Waals surface area contributed by atoms with Gasteiger partial charge in [0, 0.05) is 30.5 Å². The number of anilines is 1. The Morgan fingerprint density at radius 2 is 2.15 bits per heavy atom. The Labute approximate surface area is 126 Å². The molecule has 1 unspecified atom stereocenters. The second-order valence-corrected chi connectivity index (χ2v) is 7.41. The Bertz CT molecular complexity index is 633. The summed E-state index contributed by atoms with van der Waals surface area (Å²) in [6, 6.07) is 4.34. The highest BCUT2D eigenvalue weighted by Gasteiger charge is 2.28. The Hall–Kier alpha value is -1.12. The molecule has 8 heteroatoms. The van der Waals surface area contributed by atoms with Crippen molar-refractivity contribution in [3.05, 3.63) is 22.7 Å². The summed E-state index contributed by atoms with van der Waals surface area (Å²) in [4.78, 5) is 13.0. The smallest absolute Gasteiger partial charge is 0.242 e. The first kappa shape index (κ1) is 15.3. The standard InChI is InChI=1S/C12H16BrN3O3S/c1-16-7-9(3-5-12(16)17)15-20(18,19)11-4-2-8(13)6-10(11)14/h2,4,6,9,15H,3,5,7,14H2,1H3. The Morgan fingerprint density at radius 3 is 2.75 bits per heavy atom. The number of nitrogens with two attached hydrogens (primary N) is 1. The van der Waals surface area contributed by atoms with Crippen LogP contribution in [0.4, 0.5) is 5.69 Å². The lowest BCUT2D eigenvalue weighted by atomic mass is 10.1. The average molecular weight is 362 g/mol. The van der Waals surface area contributed by atoms with E-state index in [1.807, 2.05) is 0 Å². The first-order valence-corrected chi connectivity index (χ1v) is 8.38. The lowest BCUT2D eigenvalue weighted by molar-refractivity contribution is -0.132. The molecule has 0 aromatic heterocycles. The van der Waals surface area contributed by atoms with E-state index in [2.05, 4.69) is 20.7 Å². The first-order chi connectivity index (χ1) is 9.29. The van der Waals surface area contributed by atoms with Crippen LogP contribution in [0.15, 0.2) is 27.6 Å². The fourth-order valence-electron chi connectivity index (χ4n) is 2.16. The number of carbonyl (C=O) groups excluding carboxylic acids is 1. The third-order valence-electron chi connectivity index (χ3n) is 3.21. The van der Waals surface area contributed by atoms with Crippen LogP contribution in [0.25, 0.3) is 0 Å². The van der Waals surface area contributed by atoms with Crippen molar-refractivity contribution in [2.45, 2.75) is 23.8 Å². The molecule has 1 atom stereocenters. The molecule has 1 aromatic carbocycles. The van der Waals surface area contributed by atoms with Gasteiger partial charge in [0.1, 0.15) is 4.90 Å². The third kappa shape index (κ3) is 3.31.